The lowest BCUT2D eigenvalue weighted by atomic mass is 10.3. The highest BCUT2D eigenvalue weighted by Gasteiger charge is 2.06. The molecule has 0 saturated carbocycles. The van der Waals surface area contributed by atoms with Crippen LogP contribution >= 0.6 is 34.4 Å². The van der Waals surface area contributed by atoms with Crippen LogP contribution in [0.25, 0.3) is 0 Å². The van der Waals surface area contributed by atoms with Gasteiger partial charge in [0, 0.05) is 0 Å². The lowest BCUT2D eigenvalue weighted by molar-refractivity contribution is 0.749. The third-order valence-electron chi connectivity index (χ3n) is 1.77. The van der Waals surface area contributed by atoms with Crippen LogP contribution in [0.2, 0.25) is 0 Å². The zero-order valence-corrected chi connectivity index (χ0v) is 12.2. The van der Waals surface area contributed by atoms with Gasteiger partial charge in [-0.15, -0.1) is 0 Å². The molecule has 0 spiro atoms. The molecule has 0 aliphatic rings. The van der Waals surface area contributed by atoms with Gasteiger partial charge in [0.05, 0.1) is 15.0 Å². The van der Waals surface area contributed by atoms with Gasteiger partial charge in [0.25, 0.3) is 0 Å². The van der Waals surface area contributed by atoms with E-state index in [0.29, 0.717) is 11.7 Å². The first-order valence-electron chi connectivity index (χ1n) is 4.87. The molecule has 0 aliphatic heterocycles. The molecule has 0 radical (unpaired) electrons. The molecule has 1 aromatic rings. The van der Waals surface area contributed by atoms with Gasteiger partial charge in [0.2, 0.25) is 0 Å². The Balaban J connectivity index is 2.63. The van der Waals surface area contributed by atoms with Gasteiger partial charge in [-0.25, -0.2) is 9.97 Å². The number of nitrogen functional groups attached to an aromatic ring is 1. The van der Waals surface area contributed by atoms with E-state index in [2.05, 4.69) is 46.4 Å². The number of nitrogens with zero attached hydrogens (tertiary/aromatic N) is 2. The maximum Gasteiger partial charge on any atom is 0.140 e. The number of nitrogens with two attached hydrogens (primary N) is 1. The fourth-order valence-electron chi connectivity index (χ4n) is 1.09. The first kappa shape index (κ1) is 13.0. The lowest BCUT2D eigenvalue weighted by Crippen LogP contribution is -2.04. The van der Waals surface area contributed by atoms with Gasteiger partial charge in [-0.3, -0.25) is 0 Å². The Labute approximate surface area is 109 Å². The molecule has 0 aromatic carbocycles. The summed E-state index contributed by atoms with van der Waals surface area (Å²) in [6.07, 6.45) is 0. The summed E-state index contributed by atoms with van der Waals surface area (Å²) in [6.45, 7) is 6.39. The summed E-state index contributed by atoms with van der Waals surface area (Å²) in [5.74, 6) is 4.13. The minimum atomic E-state index is 0.600. The SMILES string of the molecule is Cc1nc(CSCC(C)C)nc(N)c1I. The Hall–Kier alpha value is -0.0400. The smallest absolute Gasteiger partial charge is 0.140 e. The molecule has 1 aromatic heterocycles. The summed E-state index contributed by atoms with van der Waals surface area (Å²) in [6, 6.07) is 0. The van der Waals surface area contributed by atoms with E-state index < -0.39 is 0 Å². The number of rotatable bonds is 4. The van der Waals surface area contributed by atoms with E-state index in [1.165, 1.54) is 0 Å². The molecule has 0 amide bonds. The van der Waals surface area contributed by atoms with E-state index in [1.807, 2.05) is 18.7 Å². The summed E-state index contributed by atoms with van der Waals surface area (Å²) in [5.41, 5.74) is 6.76. The maximum absolute atomic E-state index is 5.79. The van der Waals surface area contributed by atoms with Gasteiger partial charge in [0.1, 0.15) is 11.6 Å². The van der Waals surface area contributed by atoms with Crippen LogP contribution in [0.3, 0.4) is 0 Å². The van der Waals surface area contributed by atoms with Crippen molar-refractivity contribution in [2.45, 2.75) is 26.5 Å². The van der Waals surface area contributed by atoms with Gasteiger partial charge >= 0.3 is 0 Å². The number of hydrogen-bond acceptors (Lipinski definition) is 4. The van der Waals surface area contributed by atoms with E-state index in [4.69, 9.17) is 5.73 Å². The normalized spacial score (nSPS) is 11.0. The number of halogens is 1. The Kier molecular flexibility index (Phi) is 5.11. The highest BCUT2D eigenvalue weighted by atomic mass is 127. The van der Waals surface area contributed by atoms with Crippen molar-refractivity contribution in [3.8, 4) is 0 Å². The molecular formula is C10H16IN3S. The van der Waals surface area contributed by atoms with Crippen molar-refractivity contribution in [2.75, 3.05) is 11.5 Å². The van der Waals surface area contributed by atoms with Crippen molar-refractivity contribution >= 4 is 40.2 Å². The molecule has 5 heteroatoms. The fourth-order valence-corrected chi connectivity index (χ4v) is 2.23. The van der Waals surface area contributed by atoms with Crippen LogP contribution in [-0.2, 0) is 5.75 Å². The molecule has 0 fully saturated rings. The number of hydrogen-bond donors (Lipinski definition) is 1. The van der Waals surface area contributed by atoms with E-state index in [9.17, 15) is 0 Å². The van der Waals surface area contributed by atoms with E-state index >= 15 is 0 Å². The van der Waals surface area contributed by atoms with Crippen LogP contribution in [0.15, 0.2) is 0 Å². The van der Waals surface area contributed by atoms with Crippen LogP contribution in [-0.4, -0.2) is 15.7 Å². The second-order valence-electron chi connectivity index (χ2n) is 3.83. The highest BCUT2D eigenvalue weighted by molar-refractivity contribution is 14.1. The number of aryl methyl sites for hydroxylation is 1. The van der Waals surface area contributed by atoms with Crippen molar-refractivity contribution in [1.29, 1.82) is 0 Å². The molecule has 0 aliphatic carbocycles. The van der Waals surface area contributed by atoms with Crippen LogP contribution in [0.5, 0.6) is 0 Å². The van der Waals surface area contributed by atoms with Crippen molar-refractivity contribution in [3.05, 3.63) is 15.1 Å². The fraction of sp³-hybridized carbons (Fsp3) is 0.600. The molecule has 1 rings (SSSR count). The molecule has 1 heterocycles. The van der Waals surface area contributed by atoms with Crippen LogP contribution < -0.4 is 5.73 Å². The number of anilines is 1. The largest absolute Gasteiger partial charge is 0.383 e. The minimum absolute atomic E-state index is 0.600. The topological polar surface area (TPSA) is 51.8 Å². The molecule has 84 valence electrons. The summed E-state index contributed by atoms with van der Waals surface area (Å²) >= 11 is 4.03. The number of aromatic nitrogens is 2. The summed E-state index contributed by atoms with van der Waals surface area (Å²) < 4.78 is 0.963. The predicted molar refractivity (Wildman–Crippen MR) is 74.9 cm³/mol. The molecule has 0 saturated heterocycles. The average Bonchev–Trinajstić information content (AvgIpc) is 2.13. The molecular weight excluding hydrogens is 321 g/mol. The van der Waals surface area contributed by atoms with Gasteiger partial charge in [-0.2, -0.15) is 11.8 Å². The molecule has 15 heavy (non-hydrogen) atoms. The molecule has 2 N–H and O–H groups in total. The summed E-state index contributed by atoms with van der Waals surface area (Å²) in [4.78, 5) is 8.68. The Morgan fingerprint density at radius 2 is 2.07 bits per heavy atom. The molecule has 0 bridgehead atoms. The Morgan fingerprint density at radius 3 is 2.60 bits per heavy atom. The van der Waals surface area contributed by atoms with Crippen molar-refractivity contribution < 1.29 is 0 Å². The average molecular weight is 337 g/mol. The third kappa shape index (κ3) is 4.14. The van der Waals surface area contributed by atoms with Crippen LogP contribution in [0.1, 0.15) is 25.4 Å². The highest BCUT2D eigenvalue weighted by Crippen LogP contribution is 2.18. The first-order valence-corrected chi connectivity index (χ1v) is 7.10. The van der Waals surface area contributed by atoms with Gasteiger partial charge in [-0.05, 0) is 41.2 Å². The standard InChI is InChI=1S/C10H16IN3S/c1-6(2)4-15-5-8-13-7(3)9(11)10(12)14-8/h6H,4-5H2,1-3H3,(H2,12,13,14). The van der Waals surface area contributed by atoms with Gasteiger partial charge < -0.3 is 5.73 Å². The van der Waals surface area contributed by atoms with E-state index in [0.717, 1.165) is 26.6 Å². The zero-order chi connectivity index (χ0) is 11.4. The Bertz CT molecular complexity index is 318. The quantitative estimate of drug-likeness (QED) is 0.859. The molecule has 0 unspecified atom stereocenters. The van der Waals surface area contributed by atoms with Crippen molar-refractivity contribution in [1.82, 2.24) is 9.97 Å². The summed E-state index contributed by atoms with van der Waals surface area (Å²) in [5, 5.41) is 0. The molecule has 3 nitrogen and oxygen atoms in total. The van der Waals surface area contributed by atoms with Crippen molar-refractivity contribution in [2.24, 2.45) is 5.92 Å². The Morgan fingerprint density at radius 1 is 1.40 bits per heavy atom. The third-order valence-corrected chi connectivity index (χ3v) is 4.47. The van der Waals surface area contributed by atoms with E-state index in [1.54, 1.807) is 0 Å². The summed E-state index contributed by atoms with van der Waals surface area (Å²) in [7, 11) is 0. The lowest BCUT2D eigenvalue weighted by Gasteiger charge is -2.06. The second-order valence-corrected chi connectivity index (χ2v) is 5.94. The number of thioether (sulfide) groups is 1. The zero-order valence-electron chi connectivity index (χ0n) is 9.25. The van der Waals surface area contributed by atoms with Gasteiger partial charge in [0.15, 0.2) is 0 Å². The first-order chi connectivity index (χ1) is 7.00. The maximum atomic E-state index is 5.79. The molecule has 0 atom stereocenters. The monoisotopic (exact) mass is 337 g/mol. The minimum Gasteiger partial charge on any atom is -0.383 e. The van der Waals surface area contributed by atoms with Crippen molar-refractivity contribution in [3.63, 3.8) is 0 Å². The van der Waals surface area contributed by atoms with Gasteiger partial charge in [-0.1, -0.05) is 13.8 Å². The van der Waals surface area contributed by atoms with E-state index in [-0.39, 0.29) is 0 Å². The predicted octanol–water partition coefficient (Wildman–Crippen LogP) is 2.86. The second kappa shape index (κ2) is 5.89. The van der Waals surface area contributed by atoms with Crippen LogP contribution in [0.4, 0.5) is 5.82 Å². The van der Waals surface area contributed by atoms with Crippen LogP contribution in [0, 0.1) is 16.4 Å².